The Morgan fingerprint density at radius 1 is 1.07 bits per heavy atom. The number of H-pyrrole nitrogens is 1. The van der Waals surface area contributed by atoms with Crippen LogP contribution in [-0.4, -0.2) is 28.4 Å². The molecule has 1 aliphatic carbocycles. The second-order valence-electron chi connectivity index (χ2n) is 8.00. The SMILES string of the molecule is CCN(C(=O)CCC1(c2ccc(F)cc2)c2ccccc2-c2[nH]ccc21)C(C)C. The normalized spacial score (nSPS) is 17.3. The summed E-state index contributed by atoms with van der Waals surface area (Å²) in [6, 6.07) is 17.3. The molecule has 1 amide bonds. The van der Waals surface area contributed by atoms with Crippen molar-refractivity contribution in [2.45, 2.75) is 45.1 Å². The van der Waals surface area contributed by atoms with Crippen molar-refractivity contribution in [1.82, 2.24) is 9.88 Å². The lowest BCUT2D eigenvalue weighted by molar-refractivity contribution is -0.132. The predicted molar refractivity (Wildman–Crippen MR) is 114 cm³/mol. The fourth-order valence-corrected chi connectivity index (χ4v) is 4.89. The summed E-state index contributed by atoms with van der Waals surface area (Å²) < 4.78 is 13.7. The molecule has 0 aliphatic heterocycles. The first kappa shape index (κ1) is 19.4. The summed E-state index contributed by atoms with van der Waals surface area (Å²) in [5, 5.41) is 0. The second kappa shape index (κ2) is 7.51. The van der Waals surface area contributed by atoms with Crippen LogP contribution in [0.25, 0.3) is 11.3 Å². The van der Waals surface area contributed by atoms with E-state index in [2.05, 4.69) is 23.2 Å². The van der Waals surface area contributed by atoms with Crippen molar-refractivity contribution in [2.75, 3.05) is 6.54 Å². The topological polar surface area (TPSA) is 36.1 Å². The molecule has 150 valence electrons. The van der Waals surface area contributed by atoms with Crippen LogP contribution >= 0.6 is 0 Å². The van der Waals surface area contributed by atoms with Gasteiger partial charge in [-0.3, -0.25) is 4.79 Å². The van der Waals surface area contributed by atoms with Gasteiger partial charge in [0.1, 0.15) is 5.82 Å². The molecule has 0 saturated carbocycles. The molecule has 0 fully saturated rings. The van der Waals surface area contributed by atoms with E-state index in [-0.39, 0.29) is 17.8 Å². The molecule has 4 heteroatoms. The maximum atomic E-state index is 13.7. The number of aromatic amines is 1. The Hall–Kier alpha value is -2.88. The zero-order valence-electron chi connectivity index (χ0n) is 17.2. The molecule has 0 spiro atoms. The third-order valence-electron chi connectivity index (χ3n) is 6.20. The van der Waals surface area contributed by atoms with Crippen LogP contribution in [0.1, 0.15) is 50.3 Å². The van der Waals surface area contributed by atoms with Gasteiger partial charge in [-0.2, -0.15) is 0 Å². The minimum absolute atomic E-state index is 0.158. The highest BCUT2D eigenvalue weighted by Gasteiger charge is 2.45. The molecule has 2 aromatic carbocycles. The van der Waals surface area contributed by atoms with E-state index in [1.807, 2.05) is 56.1 Å². The van der Waals surface area contributed by atoms with Crippen molar-refractivity contribution in [1.29, 1.82) is 0 Å². The number of fused-ring (bicyclic) bond motifs is 3. The summed E-state index contributed by atoms with van der Waals surface area (Å²) in [5.41, 5.74) is 5.13. The van der Waals surface area contributed by atoms with Crippen molar-refractivity contribution < 1.29 is 9.18 Å². The van der Waals surface area contributed by atoms with Gasteiger partial charge in [0.15, 0.2) is 0 Å². The number of amides is 1. The third kappa shape index (κ3) is 3.07. The van der Waals surface area contributed by atoms with Crippen molar-refractivity contribution in [3.8, 4) is 11.3 Å². The number of carbonyl (C=O) groups excluding carboxylic acids is 1. The van der Waals surface area contributed by atoms with E-state index in [0.29, 0.717) is 19.4 Å². The van der Waals surface area contributed by atoms with E-state index < -0.39 is 5.41 Å². The monoisotopic (exact) mass is 390 g/mol. The lowest BCUT2D eigenvalue weighted by Gasteiger charge is -2.33. The van der Waals surface area contributed by atoms with Gasteiger partial charge in [0.05, 0.1) is 5.69 Å². The molecule has 3 nitrogen and oxygen atoms in total. The second-order valence-corrected chi connectivity index (χ2v) is 8.00. The Labute approximate surface area is 171 Å². The number of benzene rings is 2. The number of carbonyl (C=O) groups is 1. The van der Waals surface area contributed by atoms with Gasteiger partial charge in [0, 0.05) is 36.2 Å². The molecule has 0 radical (unpaired) electrons. The molecule has 1 N–H and O–H groups in total. The Kier molecular flexibility index (Phi) is 5.03. The van der Waals surface area contributed by atoms with Crippen LogP contribution in [0.5, 0.6) is 0 Å². The zero-order valence-corrected chi connectivity index (χ0v) is 17.2. The van der Waals surface area contributed by atoms with E-state index in [1.54, 1.807) is 0 Å². The summed E-state index contributed by atoms with van der Waals surface area (Å²) in [5.74, 6) is -0.0945. The smallest absolute Gasteiger partial charge is 0.222 e. The molecule has 4 rings (SSSR count). The highest BCUT2D eigenvalue weighted by Crippen LogP contribution is 2.54. The van der Waals surface area contributed by atoms with E-state index in [4.69, 9.17) is 0 Å². The van der Waals surface area contributed by atoms with Crippen molar-refractivity contribution in [2.24, 2.45) is 0 Å². The van der Waals surface area contributed by atoms with E-state index >= 15 is 0 Å². The minimum Gasteiger partial charge on any atom is -0.361 e. The van der Waals surface area contributed by atoms with Gasteiger partial charge in [-0.1, -0.05) is 36.4 Å². The van der Waals surface area contributed by atoms with Crippen molar-refractivity contribution in [3.63, 3.8) is 0 Å². The maximum Gasteiger partial charge on any atom is 0.222 e. The number of halogens is 1. The Morgan fingerprint density at radius 3 is 2.48 bits per heavy atom. The highest BCUT2D eigenvalue weighted by molar-refractivity contribution is 5.82. The van der Waals surface area contributed by atoms with Crippen molar-refractivity contribution >= 4 is 5.91 Å². The van der Waals surface area contributed by atoms with Crippen molar-refractivity contribution in [3.05, 3.63) is 83.3 Å². The Balaban J connectivity index is 1.83. The fourth-order valence-electron chi connectivity index (χ4n) is 4.89. The van der Waals surface area contributed by atoms with Crippen LogP contribution in [0.4, 0.5) is 4.39 Å². The first-order valence-corrected chi connectivity index (χ1v) is 10.3. The van der Waals surface area contributed by atoms with Crippen LogP contribution in [0, 0.1) is 5.82 Å². The number of hydrogen-bond acceptors (Lipinski definition) is 1. The maximum absolute atomic E-state index is 13.7. The molecular formula is C25H27FN2O. The van der Waals surface area contributed by atoms with E-state index in [9.17, 15) is 9.18 Å². The molecule has 0 saturated heterocycles. The van der Waals surface area contributed by atoms with Gasteiger partial charge in [-0.15, -0.1) is 0 Å². The summed E-state index contributed by atoms with van der Waals surface area (Å²) in [6.45, 7) is 6.81. The lowest BCUT2D eigenvalue weighted by atomic mass is 9.70. The lowest BCUT2D eigenvalue weighted by Crippen LogP contribution is -2.38. The summed E-state index contributed by atoms with van der Waals surface area (Å²) >= 11 is 0. The van der Waals surface area contributed by atoms with Gasteiger partial charge < -0.3 is 9.88 Å². The summed E-state index contributed by atoms with van der Waals surface area (Å²) in [4.78, 5) is 18.3. The zero-order chi connectivity index (χ0) is 20.6. The van der Waals surface area contributed by atoms with Crippen LogP contribution < -0.4 is 0 Å². The average Bonchev–Trinajstić information content (AvgIpc) is 3.29. The molecule has 1 atom stereocenters. The molecule has 0 bridgehead atoms. The van der Waals surface area contributed by atoms with Crippen LogP contribution in [0.15, 0.2) is 60.8 Å². The molecule has 1 unspecified atom stereocenters. The number of aromatic nitrogens is 1. The van der Waals surface area contributed by atoms with E-state index in [0.717, 1.165) is 22.4 Å². The molecule has 1 aliphatic rings. The van der Waals surface area contributed by atoms with Gasteiger partial charge in [-0.25, -0.2) is 4.39 Å². The highest BCUT2D eigenvalue weighted by atomic mass is 19.1. The average molecular weight is 391 g/mol. The first-order valence-electron chi connectivity index (χ1n) is 10.3. The summed E-state index contributed by atoms with van der Waals surface area (Å²) in [7, 11) is 0. The molecular weight excluding hydrogens is 363 g/mol. The quantitative estimate of drug-likeness (QED) is 0.592. The minimum atomic E-state index is -0.467. The van der Waals surface area contributed by atoms with E-state index in [1.165, 1.54) is 17.7 Å². The first-order chi connectivity index (χ1) is 14.0. The standard InChI is InChI=1S/C25H27FN2O/c1-4-28(17(2)3)23(29)13-15-25(18-9-11-19(26)12-10-18)21-8-6-5-7-20(21)24-22(25)14-16-27-24/h5-12,14,16-17,27H,4,13,15H2,1-3H3. The Morgan fingerprint density at radius 2 is 1.79 bits per heavy atom. The van der Waals surface area contributed by atoms with Gasteiger partial charge in [0.2, 0.25) is 5.91 Å². The summed E-state index contributed by atoms with van der Waals surface area (Å²) in [6.07, 6.45) is 3.03. The van der Waals surface area contributed by atoms with Crippen LogP contribution in [0.2, 0.25) is 0 Å². The molecule has 3 aromatic rings. The number of nitrogens with one attached hydrogen (secondary N) is 1. The fraction of sp³-hybridized carbons (Fsp3) is 0.320. The number of hydrogen-bond donors (Lipinski definition) is 1. The Bertz CT molecular complexity index is 1020. The molecule has 29 heavy (non-hydrogen) atoms. The van der Waals surface area contributed by atoms with Gasteiger partial charge in [0.25, 0.3) is 0 Å². The largest absolute Gasteiger partial charge is 0.361 e. The predicted octanol–water partition coefficient (Wildman–Crippen LogP) is 5.51. The van der Waals surface area contributed by atoms with Gasteiger partial charge >= 0.3 is 0 Å². The van der Waals surface area contributed by atoms with Crippen LogP contribution in [-0.2, 0) is 10.2 Å². The number of nitrogens with zero attached hydrogens (tertiary/aromatic N) is 1. The van der Waals surface area contributed by atoms with Crippen LogP contribution in [0.3, 0.4) is 0 Å². The molecule has 1 heterocycles. The molecule has 1 aromatic heterocycles. The van der Waals surface area contributed by atoms with Gasteiger partial charge in [-0.05, 0) is 62.1 Å². The number of rotatable bonds is 6. The third-order valence-corrected chi connectivity index (χ3v) is 6.20.